The molecule has 1 aliphatic carbocycles. The van der Waals surface area contributed by atoms with Gasteiger partial charge in [0.1, 0.15) is 23.4 Å². The van der Waals surface area contributed by atoms with E-state index in [1.807, 2.05) is 41.2 Å². The predicted octanol–water partition coefficient (Wildman–Crippen LogP) is 5.86. The van der Waals surface area contributed by atoms with Gasteiger partial charge in [-0.2, -0.15) is 4.98 Å². The lowest BCUT2D eigenvalue weighted by Gasteiger charge is -2.31. The van der Waals surface area contributed by atoms with E-state index in [1.54, 1.807) is 12.1 Å². The first kappa shape index (κ1) is 24.1. The SMILES string of the molecule is [C-]#[N+]c1ccc2c(c1)OCC[C@H]2NC(=O)[C@@H](CC1CCCCC1)Nc1cc(-n2cccc2)nc(Cl)n1. The summed E-state index contributed by atoms with van der Waals surface area (Å²) >= 11 is 6.25. The van der Waals surface area contributed by atoms with Crippen LogP contribution in [0.25, 0.3) is 10.7 Å². The highest BCUT2D eigenvalue weighted by Crippen LogP contribution is 2.35. The molecule has 0 spiro atoms. The van der Waals surface area contributed by atoms with Gasteiger partial charge >= 0.3 is 0 Å². The van der Waals surface area contributed by atoms with E-state index in [2.05, 4.69) is 25.4 Å². The summed E-state index contributed by atoms with van der Waals surface area (Å²) in [5.74, 6) is 2.21. The van der Waals surface area contributed by atoms with Crippen LogP contribution in [0.1, 0.15) is 56.6 Å². The van der Waals surface area contributed by atoms with Gasteiger partial charge in [0.05, 0.1) is 19.2 Å². The van der Waals surface area contributed by atoms with Gasteiger partial charge in [0.2, 0.25) is 11.2 Å². The van der Waals surface area contributed by atoms with Crippen molar-refractivity contribution in [1.82, 2.24) is 19.9 Å². The lowest BCUT2D eigenvalue weighted by Crippen LogP contribution is -2.43. The molecule has 2 N–H and O–H groups in total. The number of ether oxygens (including phenoxy) is 1. The van der Waals surface area contributed by atoms with E-state index in [-0.39, 0.29) is 17.2 Å². The number of halogens is 1. The molecular formula is C27H29ClN6O2. The third kappa shape index (κ3) is 5.63. The molecule has 0 saturated heterocycles. The summed E-state index contributed by atoms with van der Waals surface area (Å²) in [6, 6.07) is 10.4. The third-order valence-corrected chi connectivity index (χ3v) is 7.14. The van der Waals surface area contributed by atoms with Crippen molar-refractivity contribution in [2.75, 3.05) is 11.9 Å². The number of hydrogen-bond donors (Lipinski definition) is 2. The van der Waals surface area contributed by atoms with Crippen LogP contribution in [0.2, 0.25) is 5.28 Å². The molecule has 1 amide bonds. The Morgan fingerprint density at radius 3 is 2.75 bits per heavy atom. The number of carbonyl (C=O) groups is 1. The second-order valence-corrected chi connectivity index (χ2v) is 9.78. The lowest BCUT2D eigenvalue weighted by molar-refractivity contribution is -0.123. The maximum Gasteiger partial charge on any atom is 0.243 e. The Kier molecular flexibility index (Phi) is 7.38. The van der Waals surface area contributed by atoms with Gasteiger partial charge in [0.15, 0.2) is 5.69 Å². The second kappa shape index (κ2) is 11.0. The fourth-order valence-corrected chi connectivity index (χ4v) is 5.31. The van der Waals surface area contributed by atoms with Crippen LogP contribution in [-0.4, -0.2) is 33.1 Å². The van der Waals surface area contributed by atoms with Gasteiger partial charge in [-0.3, -0.25) is 4.79 Å². The number of aromatic nitrogens is 3. The molecule has 1 saturated carbocycles. The summed E-state index contributed by atoms with van der Waals surface area (Å²) in [6.45, 7) is 7.74. The molecule has 3 heterocycles. The number of nitrogens with zero attached hydrogens (tertiary/aromatic N) is 4. The van der Waals surface area contributed by atoms with Crippen LogP contribution in [0.5, 0.6) is 5.75 Å². The zero-order valence-electron chi connectivity index (χ0n) is 20.0. The van der Waals surface area contributed by atoms with Gasteiger partial charge in [-0.25, -0.2) is 9.83 Å². The summed E-state index contributed by atoms with van der Waals surface area (Å²) in [4.78, 5) is 25.8. The first-order valence-electron chi connectivity index (χ1n) is 12.5. The number of fused-ring (bicyclic) bond motifs is 1. The second-order valence-electron chi connectivity index (χ2n) is 9.44. The Labute approximate surface area is 215 Å². The summed E-state index contributed by atoms with van der Waals surface area (Å²) in [5.41, 5.74) is 1.43. The van der Waals surface area contributed by atoms with Crippen LogP contribution in [0.15, 0.2) is 48.8 Å². The van der Waals surface area contributed by atoms with Crippen molar-refractivity contribution >= 4 is 29.0 Å². The van der Waals surface area contributed by atoms with Gasteiger partial charge in [0.25, 0.3) is 0 Å². The van der Waals surface area contributed by atoms with Crippen molar-refractivity contribution < 1.29 is 9.53 Å². The third-order valence-electron chi connectivity index (χ3n) is 6.97. The van der Waals surface area contributed by atoms with E-state index in [4.69, 9.17) is 22.9 Å². The molecule has 1 aromatic carbocycles. The summed E-state index contributed by atoms with van der Waals surface area (Å²) in [5, 5.41) is 6.73. The fraction of sp³-hybridized carbons (Fsp3) is 0.407. The fourth-order valence-electron chi connectivity index (χ4n) is 5.14. The standard InChI is InChI=1S/C27H29ClN6O2/c1-29-19-9-10-20-21(11-14-36-23(20)16-19)31-26(35)22(15-18-7-3-2-4-8-18)30-24-17-25(33-27(28)32-24)34-12-5-6-13-34/h5-6,9-10,12-13,16-18,21-22H,2-4,7-8,11,14-15H2,(H,31,35)(H,30,32,33)/t21-,22-/m1/s1. The van der Waals surface area contributed by atoms with Crippen LogP contribution in [0.4, 0.5) is 11.5 Å². The van der Waals surface area contributed by atoms with E-state index in [0.717, 1.165) is 24.8 Å². The highest BCUT2D eigenvalue weighted by molar-refractivity contribution is 6.28. The summed E-state index contributed by atoms with van der Waals surface area (Å²) in [6.07, 6.45) is 11.1. The van der Waals surface area contributed by atoms with Crippen molar-refractivity contribution in [3.05, 3.63) is 71.1 Å². The van der Waals surface area contributed by atoms with Gasteiger partial charge < -0.3 is 19.9 Å². The molecular weight excluding hydrogens is 476 g/mol. The average Bonchev–Trinajstić information content (AvgIpc) is 3.44. The van der Waals surface area contributed by atoms with E-state index >= 15 is 0 Å². The molecule has 36 heavy (non-hydrogen) atoms. The number of anilines is 1. The van der Waals surface area contributed by atoms with Gasteiger partial charge in [-0.1, -0.05) is 44.2 Å². The molecule has 0 bridgehead atoms. The zero-order valence-corrected chi connectivity index (χ0v) is 20.7. The molecule has 1 aliphatic heterocycles. The molecule has 2 aromatic heterocycles. The molecule has 5 rings (SSSR count). The Morgan fingerprint density at radius 1 is 1.17 bits per heavy atom. The van der Waals surface area contributed by atoms with Gasteiger partial charge in [0, 0.05) is 30.4 Å². The molecule has 186 valence electrons. The average molecular weight is 505 g/mol. The Hall–Kier alpha value is -3.57. The lowest BCUT2D eigenvalue weighted by atomic mass is 9.84. The smallest absolute Gasteiger partial charge is 0.243 e. The van der Waals surface area contributed by atoms with Crippen LogP contribution in [0, 0.1) is 12.5 Å². The molecule has 2 aliphatic rings. The van der Waals surface area contributed by atoms with Crippen molar-refractivity contribution in [3.63, 3.8) is 0 Å². The number of benzene rings is 1. The molecule has 1 fully saturated rings. The van der Waals surface area contributed by atoms with Gasteiger partial charge in [-0.05, 0) is 42.1 Å². The largest absolute Gasteiger partial charge is 0.494 e. The first-order chi connectivity index (χ1) is 17.6. The van der Waals surface area contributed by atoms with Crippen LogP contribution in [0.3, 0.4) is 0 Å². The van der Waals surface area contributed by atoms with Crippen LogP contribution in [-0.2, 0) is 4.79 Å². The quantitative estimate of drug-likeness (QED) is 0.311. The monoisotopic (exact) mass is 504 g/mol. The number of hydrogen-bond acceptors (Lipinski definition) is 5. The minimum atomic E-state index is -0.467. The van der Waals surface area contributed by atoms with Crippen LogP contribution >= 0.6 is 11.6 Å². The van der Waals surface area contributed by atoms with Crippen LogP contribution < -0.4 is 15.4 Å². The van der Waals surface area contributed by atoms with E-state index in [1.165, 1.54) is 19.3 Å². The predicted molar refractivity (Wildman–Crippen MR) is 139 cm³/mol. The van der Waals surface area contributed by atoms with Crippen molar-refractivity contribution in [3.8, 4) is 11.6 Å². The minimum absolute atomic E-state index is 0.0788. The molecule has 3 aromatic rings. The minimum Gasteiger partial charge on any atom is -0.494 e. The molecule has 0 radical (unpaired) electrons. The maximum absolute atomic E-state index is 13.7. The summed E-state index contributed by atoms with van der Waals surface area (Å²) < 4.78 is 7.63. The van der Waals surface area contributed by atoms with Crippen molar-refractivity contribution in [2.45, 2.75) is 57.0 Å². The van der Waals surface area contributed by atoms with E-state index < -0.39 is 6.04 Å². The number of nitrogens with one attached hydrogen (secondary N) is 2. The topological polar surface area (TPSA) is 85.4 Å². The normalized spacial score (nSPS) is 18.4. The highest BCUT2D eigenvalue weighted by Gasteiger charge is 2.29. The Morgan fingerprint density at radius 2 is 1.97 bits per heavy atom. The first-order valence-corrected chi connectivity index (χ1v) is 12.9. The van der Waals surface area contributed by atoms with Crippen molar-refractivity contribution in [1.29, 1.82) is 0 Å². The molecule has 9 heteroatoms. The summed E-state index contributed by atoms with van der Waals surface area (Å²) in [7, 11) is 0. The zero-order chi connectivity index (χ0) is 24.9. The van der Waals surface area contributed by atoms with Gasteiger partial charge in [-0.15, -0.1) is 0 Å². The number of carbonyl (C=O) groups excluding carboxylic acids is 1. The van der Waals surface area contributed by atoms with E-state index in [0.29, 0.717) is 42.0 Å². The van der Waals surface area contributed by atoms with Crippen molar-refractivity contribution in [2.24, 2.45) is 5.92 Å². The Bertz CT molecular complexity index is 1250. The number of amides is 1. The van der Waals surface area contributed by atoms with E-state index in [9.17, 15) is 4.79 Å². The molecule has 2 atom stereocenters. The molecule has 0 unspecified atom stereocenters. The Balaban J connectivity index is 1.37. The maximum atomic E-state index is 13.7. The number of rotatable bonds is 7. The highest BCUT2D eigenvalue weighted by atomic mass is 35.5. The molecule has 8 nitrogen and oxygen atoms in total.